The van der Waals surface area contributed by atoms with Gasteiger partial charge in [-0.05, 0) is 47.7 Å². The molecule has 2 rings (SSSR count). The van der Waals surface area contributed by atoms with E-state index in [1.165, 1.54) is 23.1 Å². The second-order valence-electron chi connectivity index (χ2n) is 7.32. The summed E-state index contributed by atoms with van der Waals surface area (Å²) < 4.78 is 41.1. The number of halogens is 3. The Kier molecular flexibility index (Phi) is 8.47. The molecule has 0 aliphatic heterocycles. The van der Waals surface area contributed by atoms with Gasteiger partial charge < -0.3 is 10.4 Å². The van der Waals surface area contributed by atoms with Crippen LogP contribution in [0.3, 0.4) is 0 Å². The third-order valence-corrected chi connectivity index (χ3v) is 4.92. The number of hydrogen-bond donors (Lipinski definition) is 2. The quantitative estimate of drug-likeness (QED) is 0.494. The first-order valence-electron chi connectivity index (χ1n) is 10.2. The van der Waals surface area contributed by atoms with Gasteiger partial charge in [-0.15, -0.1) is 0 Å². The highest BCUT2D eigenvalue weighted by molar-refractivity contribution is 5.92. The van der Waals surface area contributed by atoms with Crippen molar-refractivity contribution < 1.29 is 27.9 Å². The Morgan fingerprint density at radius 2 is 1.84 bits per heavy atom. The number of unbranched alkanes of at least 4 members (excludes halogenated alkanes) is 2. The molecule has 168 valence electrons. The molecule has 0 aromatic heterocycles. The van der Waals surface area contributed by atoms with Crippen LogP contribution in [0.25, 0.3) is 11.1 Å². The van der Waals surface area contributed by atoms with E-state index in [1.54, 1.807) is 25.2 Å². The Balaban J connectivity index is 2.30. The van der Waals surface area contributed by atoms with Gasteiger partial charge in [0, 0.05) is 25.7 Å². The summed E-state index contributed by atoms with van der Waals surface area (Å²) in [6.07, 6.45) is -1.94. The van der Waals surface area contributed by atoms with Gasteiger partial charge in [0.1, 0.15) is 0 Å². The summed E-state index contributed by atoms with van der Waals surface area (Å²) in [7, 11) is 1.56. The minimum Gasteiger partial charge on any atom is -0.481 e. The first-order chi connectivity index (χ1) is 14.6. The zero-order valence-electron chi connectivity index (χ0n) is 17.6. The maximum Gasteiger partial charge on any atom is 0.417 e. The van der Waals surface area contributed by atoms with Gasteiger partial charge in [-0.3, -0.25) is 9.69 Å². The Hall–Kier alpha value is -3.03. The Labute approximate surface area is 179 Å². The summed E-state index contributed by atoms with van der Waals surface area (Å²) in [5.74, 6) is -1.07. The molecule has 0 unspecified atom stereocenters. The number of carboxylic acids is 1. The third-order valence-electron chi connectivity index (χ3n) is 4.92. The number of carbonyl (C=O) groups is 2. The molecule has 0 spiro atoms. The highest BCUT2D eigenvalue weighted by Crippen LogP contribution is 2.38. The summed E-state index contributed by atoms with van der Waals surface area (Å²) in [5.41, 5.74) is 0.233. The fraction of sp³-hybridized carbons (Fsp3) is 0.391. The van der Waals surface area contributed by atoms with Crippen LogP contribution >= 0.6 is 0 Å². The molecule has 0 bridgehead atoms. The van der Waals surface area contributed by atoms with Crippen molar-refractivity contribution in [2.75, 3.05) is 18.5 Å². The van der Waals surface area contributed by atoms with E-state index in [1.807, 2.05) is 0 Å². The van der Waals surface area contributed by atoms with E-state index in [4.69, 9.17) is 5.11 Å². The summed E-state index contributed by atoms with van der Waals surface area (Å²) in [5, 5.41) is 11.6. The number of carboxylic acid groups (broad SMARTS) is 1. The van der Waals surface area contributed by atoms with E-state index < -0.39 is 17.7 Å². The topological polar surface area (TPSA) is 69.6 Å². The van der Waals surface area contributed by atoms with Crippen LogP contribution in [0.2, 0.25) is 0 Å². The minimum atomic E-state index is -4.60. The molecule has 0 saturated heterocycles. The zero-order chi connectivity index (χ0) is 23.0. The molecule has 0 fully saturated rings. The van der Waals surface area contributed by atoms with E-state index in [2.05, 4.69) is 12.2 Å². The van der Waals surface area contributed by atoms with Crippen molar-refractivity contribution in [2.24, 2.45) is 0 Å². The van der Waals surface area contributed by atoms with Gasteiger partial charge in [0.15, 0.2) is 0 Å². The molecule has 0 aliphatic carbocycles. The average Bonchev–Trinajstić information content (AvgIpc) is 2.74. The fourth-order valence-electron chi connectivity index (χ4n) is 3.17. The maximum absolute atomic E-state index is 13.7. The molecular weight excluding hydrogens is 409 g/mol. The van der Waals surface area contributed by atoms with Crippen LogP contribution in [0.1, 0.15) is 43.7 Å². The number of alkyl halides is 3. The van der Waals surface area contributed by atoms with E-state index in [0.717, 1.165) is 25.3 Å². The van der Waals surface area contributed by atoms with Crippen LogP contribution in [-0.4, -0.2) is 30.7 Å². The first-order valence-corrected chi connectivity index (χ1v) is 10.2. The van der Waals surface area contributed by atoms with Gasteiger partial charge in [-0.1, -0.05) is 44.0 Å². The molecular formula is C23H27F3N2O3. The molecule has 31 heavy (non-hydrogen) atoms. The lowest BCUT2D eigenvalue weighted by Gasteiger charge is -2.20. The number of nitrogens with one attached hydrogen (secondary N) is 1. The molecule has 2 N–H and O–H groups in total. The molecule has 0 radical (unpaired) electrons. The number of anilines is 1. The maximum atomic E-state index is 13.7. The largest absolute Gasteiger partial charge is 0.481 e. The van der Waals surface area contributed by atoms with Crippen molar-refractivity contribution >= 4 is 17.7 Å². The summed E-state index contributed by atoms with van der Waals surface area (Å²) in [6, 6.07) is 9.87. The monoisotopic (exact) mass is 436 g/mol. The second kappa shape index (κ2) is 10.8. The average molecular weight is 436 g/mol. The molecule has 2 aromatic carbocycles. The Morgan fingerprint density at radius 1 is 1.10 bits per heavy atom. The van der Waals surface area contributed by atoms with Crippen molar-refractivity contribution in [3.05, 3.63) is 53.6 Å². The predicted molar refractivity (Wildman–Crippen MR) is 114 cm³/mol. The van der Waals surface area contributed by atoms with Crippen LogP contribution in [0, 0.1) is 0 Å². The summed E-state index contributed by atoms with van der Waals surface area (Å²) in [4.78, 5) is 24.4. The zero-order valence-corrected chi connectivity index (χ0v) is 17.6. The number of aliphatic carboxylic acids is 1. The minimum absolute atomic E-state index is 0.0136. The van der Waals surface area contributed by atoms with Crippen LogP contribution in [0.4, 0.5) is 23.7 Å². The fourth-order valence-corrected chi connectivity index (χ4v) is 3.17. The van der Waals surface area contributed by atoms with Crippen LogP contribution in [0.15, 0.2) is 42.5 Å². The predicted octanol–water partition coefficient (Wildman–Crippen LogP) is 5.73. The second-order valence-corrected chi connectivity index (χ2v) is 7.32. The van der Waals surface area contributed by atoms with Gasteiger partial charge in [0.05, 0.1) is 5.56 Å². The van der Waals surface area contributed by atoms with E-state index >= 15 is 0 Å². The highest BCUT2D eigenvalue weighted by Gasteiger charge is 2.34. The van der Waals surface area contributed by atoms with Crippen molar-refractivity contribution in [1.29, 1.82) is 0 Å². The van der Waals surface area contributed by atoms with Crippen molar-refractivity contribution in [3.63, 3.8) is 0 Å². The van der Waals surface area contributed by atoms with Crippen LogP contribution in [-0.2, 0) is 17.4 Å². The van der Waals surface area contributed by atoms with Crippen molar-refractivity contribution in [2.45, 2.75) is 45.2 Å². The first kappa shape index (κ1) is 24.2. The molecule has 8 heteroatoms. The van der Waals surface area contributed by atoms with Crippen LogP contribution in [0.5, 0.6) is 0 Å². The van der Waals surface area contributed by atoms with Gasteiger partial charge in [0.2, 0.25) is 0 Å². The van der Waals surface area contributed by atoms with Gasteiger partial charge in [-0.2, -0.15) is 13.2 Å². The Morgan fingerprint density at radius 3 is 2.48 bits per heavy atom. The number of urea groups is 1. The molecule has 0 saturated carbocycles. The number of aryl methyl sites for hydroxylation is 1. The number of rotatable bonds is 9. The lowest BCUT2D eigenvalue weighted by atomic mass is 9.95. The number of carbonyl (C=O) groups excluding carboxylic acids is 1. The van der Waals surface area contributed by atoms with Crippen LogP contribution < -0.4 is 10.2 Å². The van der Waals surface area contributed by atoms with Gasteiger partial charge >= 0.3 is 18.2 Å². The van der Waals surface area contributed by atoms with Gasteiger partial charge in [0.25, 0.3) is 0 Å². The Bertz CT molecular complexity index is 913. The number of nitrogens with zero attached hydrogens (tertiary/aromatic N) is 1. The molecule has 0 aliphatic rings. The van der Waals surface area contributed by atoms with Gasteiger partial charge in [-0.25, -0.2) is 4.79 Å². The number of amides is 2. The molecule has 0 heterocycles. The molecule has 0 atom stereocenters. The lowest BCUT2D eigenvalue weighted by molar-refractivity contribution is -0.137. The number of hydrogen-bond acceptors (Lipinski definition) is 2. The standard InChI is InChI=1S/C23H27F3N2O3/c1-3-4-5-13-27-22(31)28(2)18-8-6-7-17(15-18)19-11-9-16(10-12-21(29)30)14-20(19)23(24,25)26/h6-9,11,14-15H,3-5,10,12-13H2,1-2H3,(H,27,31)(H,29,30). The van der Waals surface area contributed by atoms with E-state index in [9.17, 15) is 22.8 Å². The van der Waals surface area contributed by atoms with E-state index in [0.29, 0.717) is 23.4 Å². The lowest BCUT2D eigenvalue weighted by Crippen LogP contribution is -2.37. The highest BCUT2D eigenvalue weighted by atomic mass is 19.4. The van der Waals surface area contributed by atoms with Crippen molar-refractivity contribution in [3.8, 4) is 11.1 Å². The number of benzene rings is 2. The molecule has 5 nitrogen and oxygen atoms in total. The third kappa shape index (κ3) is 7.01. The molecule has 2 amide bonds. The normalized spacial score (nSPS) is 11.3. The smallest absolute Gasteiger partial charge is 0.417 e. The van der Waals surface area contributed by atoms with Crippen molar-refractivity contribution in [1.82, 2.24) is 5.32 Å². The molecule has 2 aromatic rings. The summed E-state index contributed by atoms with van der Waals surface area (Å²) >= 11 is 0. The van der Waals surface area contributed by atoms with E-state index in [-0.39, 0.29) is 24.4 Å². The SMILES string of the molecule is CCCCCNC(=O)N(C)c1cccc(-c2ccc(CCC(=O)O)cc2C(F)(F)F)c1. The summed E-state index contributed by atoms with van der Waals surface area (Å²) in [6.45, 7) is 2.60.